The van der Waals surface area contributed by atoms with Crippen LogP contribution in [0.15, 0.2) is 85.1 Å². The first kappa shape index (κ1) is 19.3. The number of amides is 1. The molecule has 0 bridgehead atoms. The molecule has 1 N–H and O–H groups in total. The number of nitrogens with one attached hydrogen (secondary N) is 1. The molecule has 0 aliphatic carbocycles. The predicted octanol–water partition coefficient (Wildman–Crippen LogP) is 5.67. The first-order chi connectivity index (χ1) is 14.1. The summed E-state index contributed by atoms with van der Waals surface area (Å²) >= 11 is 6.10. The minimum Gasteiger partial charge on any atom is -0.352 e. The van der Waals surface area contributed by atoms with Crippen LogP contribution >= 0.6 is 11.6 Å². The number of carbonyl (C=O) groups is 1. The van der Waals surface area contributed by atoms with Gasteiger partial charge in [-0.25, -0.2) is 0 Å². The van der Waals surface area contributed by atoms with Gasteiger partial charge >= 0.3 is 0 Å². The third-order valence-corrected chi connectivity index (χ3v) is 5.55. The lowest BCUT2D eigenvalue weighted by Crippen LogP contribution is -2.25. The lowest BCUT2D eigenvalue weighted by Gasteiger charge is -2.17. The van der Waals surface area contributed by atoms with Gasteiger partial charge in [-0.3, -0.25) is 4.79 Å². The minimum absolute atomic E-state index is 0.0294. The number of hydrogen-bond acceptors (Lipinski definition) is 1. The lowest BCUT2D eigenvalue weighted by molar-refractivity contribution is -0.121. The topological polar surface area (TPSA) is 34.0 Å². The van der Waals surface area contributed by atoms with E-state index in [9.17, 15) is 4.79 Å². The Morgan fingerprint density at radius 3 is 2.41 bits per heavy atom. The SMILES string of the molecule is Cn1cc(C(CC(=O)NCc2ccccc2)c2ccc(Cl)cc2)c2ccccc21. The van der Waals surface area contributed by atoms with Crippen LogP contribution in [0, 0.1) is 0 Å². The number of benzene rings is 3. The van der Waals surface area contributed by atoms with Gasteiger partial charge in [-0.2, -0.15) is 0 Å². The molecule has 0 aliphatic heterocycles. The largest absolute Gasteiger partial charge is 0.352 e. The molecule has 1 unspecified atom stereocenters. The van der Waals surface area contributed by atoms with Gasteiger partial charge in [0.05, 0.1) is 0 Å². The van der Waals surface area contributed by atoms with Crippen LogP contribution in [-0.4, -0.2) is 10.5 Å². The average molecular weight is 403 g/mol. The molecule has 146 valence electrons. The van der Waals surface area contributed by atoms with Crippen molar-refractivity contribution in [3.05, 3.63) is 107 Å². The molecule has 4 aromatic rings. The number of para-hydroxylation sites is 1. The quantitative estimate of drug-likeness (QED) is 0.443. The zero-order valence-electron chi connectivity index (χ0n) is 16.3. The van der Waals surface area contributed by atoms with Gasteiger partial charge in [-0.1, -0.05) is 72.3 Å². The molecule has 3 aromatic carbocycles. The molecule has 3 nitrogen and oxygen atoms in total. The van der Waals surface area contributed by atoms with E-state index in [1.165, 1.54) is 5.39 Å². The summed E-state index contributed by atoms with van der Waals surface area (Å²) in [5.41, 5.74) is 4.49. The molecule has 0 spiro atoms. The Balaban J connectivity index is 1.63. The number of halogens is 1. The summed E-state index contributed by atoms with van der Waals surface area (Å²) in [6.45, 7) is 0.530. The zero-order chi connectivity index (χ0) is 20.2. The van der Waals surface area contributed by atoms with Crippen molar-refractivity contribution >= 4 is 28.4 Å². The van der Waals surface area contributed by atoms with Crippen LogP contribution < -0.4 is 5.32 Å². The van der Waals surface area contributed by atoms with Crippen LogP contribution in [0.5, 0.6) is 0 Å². The van der Waals surface area contributed by atoms with Crippen molar-refractivity contribution in [2.24, 2.45) is 7.05 Å². The molecule has 0 saturated carbocycles. The normalized spacial score (nSPS) is 12.1. The molecular weight excluding hydrogens is 380 g/mol. The Morgan fingerprint density at radius 1 is 0.966 bits per heavy atom. The Kier molecular flexibility index (Phi) is 5.68. The van der Waals surface area contributed by atoms with E-state index in [0.29, 0.717) is 18.0 Å². The smallest absolute Gasteiger partial charge is 0.221 e. The second-order valence-electron chi connectivity index (χ2n) is 7.28. The molecule has 1 atom stereocenters. The molecule has 4 rings (SSSR count). The second-order valence-corrected chi connectivity index (χ2v) is 7.72. The molecule has 4 heteroatoms. The van der Waals surface area contributed by atoms with Crippen molar-refractivity contribution in [2.75, 3.05) is 0 Å². The Bertz CT molecular complexity index is 1120. The van der Waals surface area contributed by atoms with Crippen molar-refractivity contribution in [1.29, 1.82) is 0 Å². The van der Waals surface area contributed by atoms with Crippen LogP contribution in [0.25, 0.3) is 10.9 Å². The molecule has 0 aliphatic rings. The number of hydrogen-bond donors (Lipinski definition) is 1. The number of aromatic nitrogens is 1. The number of nitrogens with zero attached hydrogens (tertiary/aromatic N) is 1. The molecule has 0 radical (unpaired) electrons. The summed E-state index contributed by atoms with van der Waals surface area (Å²) in [6.07, 6.45) is 2.51. The molecular formula is C25H23ClN2O. The summed E-state index contributed by atoms with van der Waals surface area (Å²) in [4.78, 5) is 12.8. The third-order valence-electron chi connectivity index (χ3n) is 5.30. The molecule has 1 amide bonds. The van der Waals surface area contributed by atoms with Crippen molar-refractivity contribution < 1.29 is 4.79 Å². The highest BCUT2D eigenvalue weighted by atomic mass is 35.5. The Hall–Kier alpha value is -3.04. The number of aryl methyl sites for hydroxylation is 1. The van der Waals surface area contributed by atoms with E-state index >= 15 is 0 Å². The van der Waals surface area contributed by atoms with E-state index < -0.39 is 0 Å². The maximum absolute atomic E-state index is 12.8. The average Bonchev–Trinajstić information content (AvgIpc) is 3.09. The maximum Gasteiger partial charge on any atom is 0.221 e. The van der Waals surface area contributed by atoms with Crippen LogP contribution in [0.3, 0.4) is 0 Å². The van der Waals surface area contributed by atoms with Crippen LogP contribution in [-0.2, 0) is 18.4 Å². The van der Waals surface area contributed by atoms with Crippen LogP contribution in [0.2, 0.25) is 5.02 Å². The molecule has 1 aromatic heterocycles. The third kappa shape index (κ3) is 4.36. The molecule has 29 heavy (non-hydrogen) atoms. The number of fused-ring (bicyclic) bond motifs is 1. The van der Waals surface area contributed by atoms with Crippen molar-refractivity contribution in [3.8, 4) is 0 Å². The lowest BCUT2D eigenvalue weighted by atomic mass is 9.88. The monoisotopic (exact) mass is 402 g/mol. The van der Waals surface area contributed by atoms with Gasteiger partial charge in [0.2, 0.25) is 5.91 Å². The van der Waals surface area contributed by atoms with E-state index in [1.807, 2.05) is 73.8 Å². The fourth-order valence-electron chi connectivity index (χ4n) is 3.81. The highest BCUT2D eigenvalue weighted by Crippen LogP contribution is 2.34. The van der Waals surface area contributed by atoms with E-state index in [4.69, 9.17) is 11.6 Å². The van der Waals surface area contributed by atoms with Gasteiger partial charge in [-0.15, -0.1) is 0 Å². The van der Waals surface area contributed by atoms with Crippen LogP contribution in [0.1, 0.15) is 29.0 Å². The maximum atomic E-state index is 12.8. The molecule has 1 heterocycles. The number of carbonyl (C=O) groups excluding carboxylic acids is 1. The Labute approximate surface area is 175 Å². The van der Waals surface area contributed by atoms with Crippen LogP contribution in [0.4, 0.5) is 0 Å². The van der Waals surface area contributed by atoms with Crippen molar-refractivity contribution in [3.63, 3.8) is 0 Å². The van der Waals surface area contributed by atoms with E-state index in [1.54, 1.807) is 0 Å². The highest BCUT2D eigenvalue weighted by molar-refractivity contribution is 6.30. The molecule has 0 fully saturated rings. The van der Waals surface area contributed by atoms with E-state index in [-0.39, 0.29) is 11.8 Å². The summed E-state index contributed by atoms with van der Waals surface area (Å²) in [7, 11) is 2.04. The standard InChI is InChI=1S/C25H23ClN2O/c1-28-17-23(21-9-5-6-10-24(21)28)22(19-11-13-20(26)14-12-19)15-25(29)27-16-18-7-3-2-4-8-18/h2-14,17,22H,15-16H2,1H3,(H,27,29). The van der Waals surface area contributed by atoms with Gasteiger partial charge in [0.15, 0.2) is 0 Å². The first-order valence-electron chi connectivity index (χ1n) is 9.72. The summed E-state index contributed by atoms with van der Waals surface area (Å²) in [5, 5.41) is 4.93. The fourth-order valence-corrected chi connectivity index (χ4v) is 3.93. The van der Waals surface area contributed by atoms with E-state index in [2.05, 4.69) is 28.2 Å². The van der Waals surface area contributed by atoms with Gasteiger partial charge < -0.3 is 9.88 Å². The van der Waals surface area contributed by atoms with Crippen molar-refractivity contribution in [2.45, 2.75) is 18.9 Å². The van der Waals surface area contributed by atoms with Gasteiger partial charge in [0.25, 0.3) is 0 Å². The predicted molar refractivity (Wildman–Crippen MR) is 119 cm³/mol. The van der Waals surface area contributed by atoms with Crippen molar-refractivity contribution in [1.82, 2.24) is 9.88 Å². The number of rotatable bonds is 6. The minimum atomic E-state index is -0.0471. The van der Waals surface area contributed by atoms with Gasteiger partial charge in [-0.05, 0) is 34.9 Å². The summed E-state index contributed by atoms with van der Waals surface area (Å²) in [5.74, 6) is -0.0177. The fraction of sp³-hybridized carbons (Fsp3) is 0.160. The molecule has 0 saturated heterocycles. The highest BCUT2D eigenvalue weighted by Gasteiger charge is 2.22. The summed E-state index contributed by atoms with van der Waals surface area (Å²) in [6, 6.07) is 26.1. The summed E-state index contributed by atoms with van der Waals surface area (Å²) < 4.78 is 2.12. The zero-order valence-corrected chi connectivity index (χ0v) is 17.1. The van der Waals surface area contributed by atoms with Gasteiger partial charge in [0.1, 0.15) is 0 Å². The van der Waals surface area contributed by atoms with Gasteiger partial charge in [0, 0.05) is 48.1 Å². The second kappa shape index (κ2) is 8.54. The van der Waals surface area contributed by atoms with E-state index in [0.717, 1.165) is 22.2 Å². The first-order valence-corrected chi connectivity index (χ1v) is 10.1. The Morgan fingerprint density at radius 2 is 1.66 bits per heavy atom.